The van der Waals surface area contributed by atoms with Crippen LogP contribution in [0.2, 0.25) is 0 Å². The summed E-state index contributed by atoms with van der Waals surface area (Å²) in [5.41, 5.74) is 3.73. The van der Waals surface area contributed by atoms with E-state index in [2.05, 4.69) is 48.0 Å². The molecule has 2 aromatic carbocycles. The van der Waals surface area contributed by atoms with Gasteiger partial charge in [0.15, 0.2) is 0 Å². The molecule has 0 saturated carbocycles. The van der Waals surface area contributed by atoms with Gasteiger partial charge in [-0.2, -0.15) is 0 Å². The first-order valence-electron chi connectivity index (χ1n) is 6.44. The van der Waals surface area contributed by atoms with E-state index >= 15 is 0 Å². The first-order chi connectivity index (χ1) is 8.92. The van der Waals surface area contributed by atoms with Gasteiger partial charge in [-0.3, -0.25) is 0 Å². The topological polar surface area (TPSA) is 20.2 Å². The third-order valence-electron chi connectivity index (χ3n) is 3.62. The molecular weight excluding hydrogens is 300 g/mol. The number of hydrogen-bond donors (Lipinski definition) is 1. The zero-order valence-corrected chi connectivity index (χ0v) is 13.2. The minimum Gasteiger partial charge on any atom is -0.385 e. The van der Waals surface area contributed by atoms with Crippen molar-refractivity contribution in [2.45, 2.75) is 32.8 Å². The van der Waals surface area contributed by atoms with Crippen LogP contribution in [0.25, 0.3) is 0 Å². The van der Waals surface area contributed by atoms with Crippen LogP contribution in [0.4, 0.5) is 0 Å². The van der Waals surface area contributed by atoms with Gasteiger partial charge in [0.2, 0.25) is 0 Å². The van der Waals surface area contributed by atoms with Crippen LogP contribution in [0.1, 0.15) is 29.2 Å². The zero-order chi connectivity index (χ0) is 14.0. The number of aryl methyl sites for hydroxylation is 2. The predicted molar refractivity (Wildman–Crippen MR) is 83.3 cm³/mol. The molecule has 1 N–H and O–H groups in total. The highest BCUT2D eigenvalue weighted by molar-refractivity contribution is 9.10. The standard InChI is InChI=1S/C17H19BrO/c1-12-7-6-8-13(2)14(12)11-17(3,19)15-9-4-5-10-16(15)18/h4-10,19H,11H2,1-3H3. The summed E-state index contributed by atoms with van der Waals surface area (Å²) in [4.78, 5) is 0. The molecule has 1 atom stereocenters. The molecule has 0 radical (unpaired) electrons. The molecule has 0 aliphatic rings. The first-order valence-corrected chi connectivity index (χ1v) is 7.23. The molecule has 0 aliphatic heterocycles. The summed E-state index contributed by atoms with van der Waals surface area (Å²) in [7, 11) is 0. The van der Waals surface area contributed by atoms with E-state index in [1.165, 1.54) is 16.7 Å². The molecule has 0 spiro atoms. The second-order valence-corrected chi connectivity index (χ2v) is 6.16. The molecule has 0 aromatic heterocycles. The average molecular weight is 319 g/mol. The highest BCUT2D eigenvalue weighted by Gasteiger charge is 2.26. The lowest BCUT2D eigenvalue weighted by Gasteiger charge is -2.27. The summed E-state index contributed by atoms with van der Waals surface area (Å²) in [5, 5.41) is 10.8. The number of rotatable bonds is 3. The summed E-state index contributed by atoms with van der Waals surface area (Å²) in [6, 6.07) is 14.1. The summed E-state index contributed by atoms with van der Waals surface area (Å²) in [6.45, 7) is 6.07. The Balaban J connectivity index is 2.39. The SMILES string of the molecule is Cc1cccc(C)c1CC(C)(O)c1ccccc1Br. The molecule has 1 nitrogen and oxygen atoms in total. The zero-order valence-electron chi connectivity index (χ0n) is 11.6. The van der Waals surface area contributed by atoms with Crippen LogP contribution in [0.3, 0.4) is 0 Å². The Kier molecular flexibility index (Phi) is 4.12. The Morgan fingerprint density at radius 1 is 1.00 bits per heavy atom. The van der Waals surface area contributed by atoms with Crippen molar-refractivity contribution in [3.63, 3.8) is 0 Å². The highest BCUT2D eigenvalue weighted by atomic mass is 79.9. The predicted octanol–water partition coefficient (Wildman–Crippen LogP) is 4.52. The molecule has 0 fully saturated rings. The van der Waals surface area contributed by atoms with E-state index in [4.69, 9.17) is 0 Å². The van der Waals surface area contributed by atoms with Crippen LogP contribution in [-0.2, 0) is 12.0 Å². The molecule has 19 heavy (non-hydrogen) atoms. The second kappa shape index (κ2) is 5.48. The molecule has 0 saturated heterocycles. The molecule has 1 unspecified atom stereocenters. The van der Waals surface area contributed by atoms with Crippen molar-refractivity contribution in [2.75, 3.05) is 0 Å². The van der Waals surface area contributed by atoms with Gasteiger partial charge in [0.25, 0.3) is 0 Å². The minimum absolute atomic E-state index is 0.619. The fourth-order valence-electron chi connectivity index (χ4n) is 2.47. The van der Waals surface area contributed by atoms with Crippen LogP contribution >= 0.6 is 15.9 Å². The van der Waals surface area contributed by atoms with Gasteiger partial charge in [-0.05, 0) is 49.1 Å². The Hall–Kier alpha value is -1.12. The fraction of sp³-hybridized carbons (Fsp3) is 0.294. The van der Waals surface area contributed by atoms with Gasteiger partial charge in [-0.25, -0.2) is 0 Å². The molecule has 100 valence electrons. The largest absolute Gasteiger partial charge is 0.385 e. The minimum atomic E-state index is -0.878. The molecule has 2 heteroatoms. The van der Waals surface area contributed by atoms with E-state index in [0.717, 1.165) is 10.0 Å². The normalized spacial score (nSPS) is 14.2. The van der Waals surface area contributed by atoms with Gasteiger partial charge in [0.1, 0.15) is 0 Å². The van der Waals surface area contributed by atoms with Gasteiger partial charge in [0, 0.05) is 10.9 Å². The Bertz CT molecular complexity index is 567. The summed E-state index contributed by atoms with van der Waals surface area (Å²) in [5.74, 6) is 0. The molecule has 0 heterocycles. The maximum atomic E-state index is 10.8. The fourth-order valence-corrected chi connectivity index (χ4v) is 3.18. The van der Waals surface area contributed by atoms with Gasteiger partial charge in [-0.15, -0.1) is 0 Å². The van der Waals surface area contributed by atoms with Crippen LogP contribution in [0.5, 0.6) is 0 Å². The van der Waals surface area contributed by atoms with E-state index in [0.29, 0.717) is 6.42 Å². The maximum absolute atomic E-state index is 10.8. The van der Waals surface area contributed by atoms with Gasteiger partial charge in [-0.1, -0.05) is 52.3 Å². The van der Waals surface area contributed by atoms with Crippen molar-refractivity contribution < 1.29 is 5.11 Å². The van der Waals surface area contributed by atoms with Gasteiger partial charge < -0.3 is 5.11 Å². The maximum Gasteiger partial charge on any atom is 0.0919 e. The van der Waals surface area contributed by atoms with E-state index < -0.39 is 5.60 Å². The smallest absolute Gasteiger partial charge is 0.0919 e. The first kappa shape index (κ1) is 14.3. The van der Waals surface area contributed by atoms with Crippen molar-refractivity contribution in [3.05, 3.63) is 69.2 Å². The van der Waals surface area contributed by atoms with Gasteiger partial charge in [0.05, 0.1) is 5.60 Å². The molecule has 0 amide bonds. The van der Waals surface area contributed by atoms with Gasteiger partial charge >= 0.3 is 0 Å². The number of aliphatic hydroxyl groups is 1. The second-order valence-electron chi connectivity index (χ2n) is 5.30. The van der Waals surface area contributed by atoms with Crippen LogP contribution in [-0.4, -0.2) is 5.11 Å². The van der Waals surface area contributed by atoms with E-state index in [-0.39, 0.29) is 0 Å². The number of halogens is 1. The van der Waals surface area contributed by atoms with Crippen LogP contribution < -0.4 is 0 Å². The highest BCUT2D eigenvalue weighted by Crippen LogP contribution is 2.32. The molecule has 0 aliphatic carbocycles. The van der Waals surface area contributed by atoms with Crippen molar-refractivity contribution in [1.82, 2.24) is 0 Å². The van der Waals surface area contributed by atoms with Crippen molar-refractivity contribution in [1.29, 1.82) is 0 Å². The van der Waals surface area contributed by atoms with E-state index in [1.807, 2.05) is 31.2 Å². The van der Waals surface area contributed by atoms with E-state index in [9.17, 15) is 5.11 Å². The van der Waals surface area contributed by atoms with Crippen LogP contribution in [0.15, 0.2) is 46.9 Å². The average Bonchev–Trinajstić information content (AvgIpc) is 2.34. The quantitative estimate of drug-likeness (QED) is 0.882. The number of benzene rings is 2. The Labute approximate surface area is 123 Å². The van der Waals surface area contributed by atoms with Crippen LogP contribution in [0, 0.1) is 13.8 Å². The molecule has 2 aromatic rings. The van der Waals surface area contributed by atoms with Crippen molar-refractivity contribution >= 4 is 15.9 Å². The summed E-state index contributed by atoms with van der Waals surface area (Å²) >= 11 is 3.52. The third-order valence-corrected chi connectivity index (χ3v) is 4.31. The van der Waals surface area contributed by atoms with Crippen molar-refractivity contribution in [2.24, 2.45) is 0 Å². The monoisotopic (exact) mass is 318 g/mol. The molecule has 0 bridgehead atoms. The Morgan fingerprint density at radius 3 is 2.16 bits per heavy atom. The summed E-state index contributed by atoms with van der Waals surface area (Å²) < 4.78 is 0.950. The van der Waals surface area contributed by atoms with Crippen molar-refractivity contribution in [3.8, 4) is 0 Å². The lowest BCUT2D eigenvalue weighted by molar-refractivity contribution is 0.0565. The summed E-state index contributed by atoms with van der Waals surface area (Å²) in [6.07, 6.45) is 0.619. The number of hydrogen-bond acceptors (Lipinski definition) is 1. The lowest BCUT2D eigenvalue weighted by Crippen LogP contribution is -2.25. The lowest BCUT2D eigenvalue weighted by atomic mass is 9.86. The molecular formula is C17H19BrO. The Morgan fingerprint density at radius 2 is 1.58 bits per heavy atom. The third kappa shape index (κ3) is 3.07. The molecule has 2 rings (SSSR count). The van der Waals surface area contributed by atoms with E-state index in [1.54, 1.807) is 0 Å².